The highest BCUT2D eigenvalue weighted by atomic mass is 16.8. The fourth-order valence-corrected chi connectivity index (χ4v) is 2.45. The normalized spacial score (nSPS) is 25.3. The summed E-state index contributed by atoms with van der Waals surface area (Å²) in [5, 5.41) is 0. The van der Waals surface area contributed by atoms with E-state index in [1.54, 1.807) is 0 Å². The second-order valence-electron chi connectivity index (χ2n) is 5.56. The second kappa shape index (κ2) is 8.60. The van der Waals surface area contributed by atoms with E-state index in [2.05, 4.69) is 9.97 Å². The van der Waals surface area contributed by atoms with E-state index < -0.39 is 54.7 Å². The molecule has 1 fully saturated rings. The number of nitrogens with zero attached hydrogens (tertiary/aromatic N) is 1. The van der Waals surface area contributed by atoms with Crippen LogP contribution in [0.1, 0.15) is 31.3 Å². The smallest absolute Gasteiger partial charge is 0.358 e. The number of hydrogen-bond acceptors (Lipinski definition) is 11. The molecular formula is C15H19N3O9. The van der Waals surface area contributed by atoms with E-state index in [0.717, 1.165) is 20.8 Å². The third-order valence-corrected chi connectivity index (χ3v) is 3.38. The molecule has 0 radical (unpaired) electrons. The monoisotopic (exact) mass is 385 g/mol. The summed E-state index contributed by atoms with van der Waals surface area (Å²) >= 11 is 0. The predicted octanol–water partition coefficient (Wildman–Crippen LogP) is -0.997. The summed E-state index contributed by atoms with van der Waals surface area (Å²) in [4.78, 5) is 52.4. The number of carbonyl (C=O) groups excluding carboxylic acids is 4. The van der Waals surface area contributed by atoms with Gasteiger partial charge in [0, 0.05) is 20.8 Å². The van der Waals surface area contributed by atoms with Crippen LogP contribution in [0.25, 0.3) is 0 Å². The number of esters is 4. The first-order valence-corrected chi connectivity index (χ1v) is 7.81. The Kier molecular flexibility index (Phi) is 6.47. The quantitative estimate of drug-likeness (QED) is 0.350. The zero-order valence-corrected chi connectivity index (χ0v) is 14.7. The van der Waals surface area contributed by atoms with Crippen LogP contribution < -0.4 is 5.73 Å². The van der Waals surface area contributed by atoms with Crippen LogP contribution in [0.15, 0.2) is 12.5 Å². The molecule has 1 aliphatic rings. The van der Waals surface area contributed by atoms with Crippen molar-refractivity contribution in [1.82, 2.24) is 9.97 Å². The fraction of sp³-hybridized carbons (Fsp3) is 0.533. The molecule has 27 heavy (non-hydrogen) atoms. The first-order chi connectivity index (χ1) is 12.7. The number of aromatic nitrogens is 2. The molecule has 1 aromatic rings. The predicted molar refractivity (Wildman–Crippen MR) is 83.5 cm³/mol. The molecule has 0 aromatic carbocycles. The molecule has 148 valence electrons. The largest absolute Gasteiger partial charge is 0.455 e. The number of aromatic amines is 1. The topological polar surface area (TPSA) is 169 Å². The Morgan fingerprint density at radius 2 is 1.70 bits per heavy atom. The molecule has 2 rings (SSSR count). The maximum absolute atomic E-state index is 12.1. The standard InChI is InChI=1S/C15H19N3O9/c1-6(19)23-10-11(13(16)25-8(3)21)26-15(12(10)24-7(2)20)27-14(22)9-4-17-5-18-9/h4-5,10-13,15H,16H2,1-3H3,(H,17,18)/t10-,11+,12-,13?,15+/m1/s1. The SMILES string of the molecule is CC(=O)OC(N)[C@H]1O[C@@H](OC(=O)c2cnc[nH]2)[C@H](OC(C)=O)[C@@H]1OC(C)=O. The Morgan fingerprint density at radius 1 is 1.07 bits per heavy atom. The molecule has 0 amide bonds. The Bertz CT molecular complexity index is 705. The number of hydrogen-bond donors (Lipinski definition) is 2. The second-order valence-corrected chi connectivity index (χ2v) is 5.56. The summed E-state index contributed by atoms with van der Waals surface area (Å²) in [7, 11) is 0. The van der Waals surface area contributed by atoms with Crippen molar-refractivity contribution in [2.75, 3.05) is 0 Å². The van der Waals surface area contributed by atoms with Crippen molar-refractivity contribution in [3.05, 3.63) is 18.2 Å². The zero-order chi connectivity index (χ0) is 20.1. The molecule has 5 atom stereocenters. The van der Waals surface area contributed by atoms with Gasteiger partial charge in [-0.1, -0.05) is 0 Å². The third-order valence-electron chi connectivity index (χ3n) is 3.38. The van der Waals surface area contributed by atoms with E-state index in [0.29, 0.717) is 0 Å². The maximum atomic E-state index is 12.1. The van der Waals surface area contributed by atoms with Crippen molar-refractivity contribution < 1.29 is 42.9 Å². The highest BCUT2D eigenvalue weighted by Gasteiger charge is 2.54. The Hall–Kier alpha value is -2.99. The summed E-state index contributed by atoms with van der Waals surface area (Å²) in [5.41, 5.74) is 5.78. The van der Waals surface area contributed by atoms with Gasteiger partial charge in [0.1, 0.15) is 5.69 Å². The van der Waals surface area contributed by atoms with Crippen molar-refractivity contribution in [3.8, 4) is 0 Å². The highest BCUT2D eigenvalue weighted by molar-refractivity contribution is 5.87. The minimum absolute atomic E-state index is 0.0111. The van der Waals surface area contributed by atoms with Gasteiger partial charge in [0.25, 0.3) is 0 Å². The Morgan fingerprint density at radius 3 is 2.22 bits per heavy atom. The van der Waals surface area contributed by atoms with Gasteiger partial charge in [-0.3, -0.25) is 20.1 Å². The molecule has 3 N–H and O–H groups in total. The van der Waals surface area contributed by atoms with E-state index in [1.165, 1.54) is 12.5 Å². The minimum Gasteiger partial charge on any atom is -0.455 e. The maximum Gasteiger partial charge on any atom is 0.358 e. The van der Waals surface area contributed by atoms with Gasteiger partial charge in [-0.2, -0.15) is 0 Å². The van der Waals surface area contributed by atoms with Crippen LogP contribution >= 0.6 is 0 Å². The third kappa shape index (κ3) is 5.24. The van der Waals surface area contributed by atoms with Gasteiger partial charge in [-0.05, 0) is 0 Å². The number of H-pyrrole nitrogens is 1. The van der Waals surface area contributed by atoms with Gasteiger partial charge >= 0.3 is 23.9 Å². The van der Waals surface area contributed by atoms with Crippen molar-refractivity contribution >= 4 is 23.9 Å². The van der Waals surface area contributed by atoms with Crippen LogP contribution in [-0.4, -0.2) is 64.7 Å². The number of nitrogens with one attached hydrogen (secondary N) is 1. The summed E-state index contributed by atoms with van der Waals surface area (Å²) < 4.78 is 25.7. The molecule has 12 nitrogen and oxygen atoms in total. The van der Waals surface area contributed by atoms with Crippen molar-refractivity contribution in [2.45, 2.75) is 51.6 Å². The molecule has 12 heteroatoms. The van der Waals surface area contributed by atoms with Crippen LogP contribution in [0.2, 0.25) is 0 Å². The molecule has 0 spiro atoms. The molecule has 2 heterocycles. The van der Waals surface area contributed by atoms with E-state index in [-0.39, 0.29) is 5.69 Å². The zero-order valence-electron chi connectivity index (χ0n) is 14.7. The number of nitrogens with two attached hydrogens (primary N) is 1. The molecule has 1 saturated heterocycles. The first kappa shape index (κ1) is 20.3. The molecule has 0 saturated carbocycles. The number of ether oxygens (including phenoxy) is 5. The van der Waals surface area contributed by atoms with E-state index in [9.17, 15) is 19.2 Å². The van der Waals surface area contributed by atoms with Crippen LogP contribution in [0.5, 0.6) is 0 Å². The van der Waals surface area contributed by atoms with Crippen LogP contribution in [0.4, 0.5) is 0 Å². The first-order valence-electron chi connectivity index (χ1n) is 7.81. The summed E-state index contributed by atoms with van der Waals surface area (Å²) in [6.45, 7) is 3.34. The number of carbonyl (C=O) groups is 4. The molecule has 0 aliphatic carbocycles. The van der Waals surface area contributed by atoms with Gasteiger partial charge in [0.05, 0.1) is 12.5 Å². The average Bonchev–Trinajstić information content (AvgIpc) is 3.17. The Balaban J connectivity index is 2.26. The van der Waals surface area contributed by atoms with Gasteiger partial charge in [-0.15, -0.1) is 0 Å². The van der Waals surface area contributed by atoms with Crippen LogP contribution in [0.3, 0.4) is 0 Å². The van der Waals surface area contributed by atoms with E-state index in [1.807, 2.05) is 0 Å². The lowest BCUT2D eigenvalue weighted by Gasteiger charge is -2.25. The van der Waals surface area contributed by atoms with Crippen molar-refractivity contribution in [1.29, 1.82) is 0 Å². The minimum atomic E-state index is -1.47. The molecule has 1 aliphatic heterocycles. The Labute approximate surface area is 153 Å². The van der Waals surface area contributed by atoms with Gasteiger partial charge in [0.15, 0.2) is 18.4 Å². The molecule has 0 bridgehead atoms. The van der Waals surface area contributed by atoms with Crippen LogP contribution in [-0.2, 0) is 38.1 Å². The summed E-state index contributed by atoms with van der Waals surface area (Å²) in [5.74, 6) is -3.06. The van der Waals surface area contributed by atoms with Crippen molar-refractivity contribution in [2.24, 2.45) is 5.73 Å². The van der Waals surface area contributed by atoms with Crippen molar-refractivity contribution in [3.63, 3.8) is 0 Å². The van der Waals surface area contributed by atoms with E-state index in [4.69, 9.17) is 29.4 Å². The van der Waals surface area contributed by atoms with Gasteiger partial charge in [-0.25, -0.2) is 9.78 Å². The molecular weight excluding hydrogens is 366 g/mol. The lowest BCUT2D eigenvalue weighted by atomic mass is 10.1. The average molecular weight is 385 g/mol. The van der Waals surface area contributed by atoms with E-state index >= 15 is 0 Å². The van der Waals surface area contributed by atoms with Gasteiger partial charge < -0.3 is 28.7 Å². The fourth-order valence-electron chi connectivity index (χ4n) is 2.45. The highest BCUT2D eigenvalue weighted by Crippen LogP contribution is 2.30. The number of rotatable bonds is 6. The molecule has 1 aromatic heterocycles. The number of imidazole rings is 1. The van der Waals surface area contributed by atoms with Gasteiger partial charge in [0.2, 0.25) is 12.4 Å². The summed E-state index contributed by atoms with van der Waals surface area (Å²) in [6.07, 6.45) is -4.23. The van der Waals surface area contributed by atoms with Crippen LogP contribution in [0, 0.1) is 0 Å². The lowest BCUT2D eigenvalue weighted by Crippen LogP contribution is -2.48. The lowest BCUT2D eigenvalue weighted by molar-refractivity contribution is -0.178. The summed E-state index contributed by atoms with van der Waals surface area (Å²) in [6, 6.07) is 0. The molecule has 1 unspecified atom stereocenters.